The molecule has 1 aromatic heterocycles. The summed E-state index contributed by atoms with van der Waals surface area (Å²) >= 11 is 0. The second-order valence-corrected chi connectivity index (χ2v) is 6.01. The highest BCUT2D eigenvalue weighted by molar-refractivity contribution is 5.98. The maximum atomic E-state index is 12.6. The van der Waals surface area contributed by atoms with Crippen molar-refractivity contribution in [2.24, 2.45) is 0 Å². The lowest BCUT2D eigenvalue weighted by atomic mass is 10.0. The summed E-state index contributed by atoms with van der Waals surface area (Å²) in [6.07, 6.45) is 3.64. The summed E-state index contributed by atoms with van der Waals surface area (Å²) in [5.41, 5.74) is 3.07. The summed E-state index contributed by atoms with van der Waals surface area (Å²) in [7, 11) is 0. The van der Waals surface area contributed by atoms with E-state index in [1.54, 1.807) is 20.0 Å². The van der Waals surface area contributed by atoms with Gasteiger partial charge in [0.15, 0.2) is 0 Å². The molecule has 0 saturated carbocycles. The summed E-state index contributed by atoms with van der Waals surface area (Å²) < 4.78 is 1.98. The summed E-state index contributed by atoms with van der Waals surface area (Å²) in [6.45, 7) is 5.83. The molecule has 2 heterocycles. The molecule has 130 valence electrons. The van der Waals surface area contributed by atoms with Crippen LogP contribution >= 0.6 is 0 Å². The van der Waals surface area contributed by atoms with Crippen LogP contribution in [0.25, 0.3) is 5.69 Å². The van der Waals surface area contributed by atoms with E-state index >= 15 is 0 Å². The van der Waals surface area contributed by atoms with Crippen molar-refractivity contribution in [1.82, 2.24) is 25.5 Å². The van der Waals surface area contributed by atoms with E-state index in [1.807, 2.05) is 42.0 Å². The number of hydrogen-bond acceptors (Lipinski definition) is 3. The Labute approximate surface area is 146 Å². The quantitative estimate of drug-likeness (QED) is 0.793. The fourth-order valence-electron chi connectivity index (χ4n) is 3.03. The standard InChI is InChI=1S/C18H21N5O2/c1-11-16(12(2)22-18(25)21-11)17(24)20-10-14-6-4-5-7-15(14)23-9-8-19-13(23)3/h4-9,11H,10H2,1-3H3,(H,20,24)(H2,21,22,25). The van der Waals surface area contributed by atoms with Gasteiger partial charge in [-0.2, -0.15) is 0 Å². The van der Waals surface area contributed by atoms with Crippen molar-refractivity contribution < 1.29 is 9.59 Å². The number of amides is 3. The number of aromatic nitrogens is 2. The first-order valence-electron chi connectivity index (χ1n) is 8.12. The average Bonchev–Trinajstić information content (AvgIpc) is 2.98. The van der Waals surface area contributed by atoms with Crippen LogP contribution in [0.15, 0.2) is 47.9 Å². The highest BCUT2D eigenvalue weighted by atomic mass is 16.2. The van der Waals surface area contributed by atoms with Crippen LogP contribution in [-0.2, 0) is 11.3 Å². The Morgan fingerprint density at radius 2 is 2.08 bits per heavy atom. The highest BCUT2D eigenvalue weighted by Crippen LogP contribution is 2.17. The lowest BCUT2D eigenvalue weighted by molar-refractivity contribution is -0.118. The first-order chi connectivity index (χ1) is 12.0. The lowest BCUT2D eigenvalue weighted by Crippen LogP contribution is -2.50. The predicted molar refractivity (Wildman–Crippen MR) is 94.0 cm³/mol. The second-order valence-electron chi connectivity index (χ2n) is 6.01. The van der Waals surface area contributed by atoms with Crippen LogP contribution in [0.5, 0.6) is 0 Å². The number of para-hydroxylation sites is 1. The Balaban J connectivity index is 1.79. The van der Waals surface area contributed by atoms with Gasteiger partial charge in [-0.15, -0.1) is 0 Å². The Kier molecular flexibility index (Phi) is 4.56. The Bertz CT molecular complexity index is 853. The number of benzene rings is 1. The molecule has 1 aromatic carbocycles. The number of allylic oxidation sites excluding steroid dienone is 1. The zero-order chi connectivity index (χ0) is 18.0. The van der Waals surface area contributed by atoms with Crippen molar-refractivity contribution in [1.29, 1.82) is 0 Å². The second kappa shape index (κ2) is 6.80. The zero-order valence-electron chi connectivity index (χ0n) is 14.5. The molecule has 25 heavy (non-hydrogen) atoms. The molecule has 3 rings (SSSR count). The van der Waals surface area contributed by atoms with Crippen LogP contribution in [0.4, 0.5) is 4.79 Å². The van der Waals surface area contributed by atoms with E-state index in [-0.39, 0.29) is 18.0 Å². The molecular weight excluding hydrogens is 318 g/mol. The summed E-state index contributed by atoms with van der Waals surface area (Å²) in [5, 5.41) is 8.28. The van der Waals surface area contributed by atoms with Gasteiger partial charge in [-0.1, -0.05) is 18.2 Å². The minimum Gasteiger partial charge on any atom is -0.348 e. The summed E-state index contributed by atoms with van der Waals surface area (Å²) in [4.78, 5) is 28.3. The third-order valence-corrected chi connectivity index (χ3v) is 4.25. The van der Waals surface area contributed by atoms with Crippen LogP contribution in [-0.4, -0.2) is 27.5 Å². The van der Waals surface area contributed by atoms with Gasteiger partial charge in [0.2, 0.25) is 0 Å². The monoisotopic (exact) mass is 339 g/mol. The first-order valence-corrected chi connectivity index (χ1v) is 8.12. The number of rotatable bonds is 4. The fraction of sp³-hybridized carbons (Fsp3) is 0.278. The Morgan fingerprint density at radius 3 is 2.76 bits per heavy atom. The molecule has 3 amide bonds. The lowest BCUT2D eigenvalue weighted by Gasteiger charge is -2.25. The smallest absolute Gasteiger partial charge is 0.319 e. The summed E-state index contributed by atoms with van der Waals surface area (Å²) in [5.74, 6) is 0.680. The SMILES string of the molecule is CC1=C(C(=O)NCc2ccccc2-n2ccnc2C)C(C)NC(=O)N1. The van der Waals surface area contributed by atoms with Gasteiger partial charge < -0.3 is 20.5 Å². The van der Waals surface area contributed by atoms with E-state index in [0.717, 1.165) is 17.1 Å². The van der Waals surface area contributed by atoms with Crippen molar-refractivity contribution in [3.8, 4) is 5.69 Å². The summed E-state index contributed by atoms with van der Waals surface area (Å²) in [6, 6.07) is 7.23. The number of aryl methyl sites for hydroxylation is 1. The maximum Gasteiger partial charge on any atom is 0.319 e. The van der Waals surface area contributed by atoms with Crippen LogP contribution in [0.2, 0.25) is 0 Å². The molecule has 0 aliphatic carbocycles. The molecule has 0 spiro atoms. The van der Waals surface area contributed by atoms with Gasteiger partial charge in [-0.25, -0.2) is 9.78 Å². The number of nitrogens with one attached hydrogen (secondary N) is 3. The molecule has 7 nitrogen and oxygen atoms in total. The Hall–Kier alpha value is -3.09. The minimum atomic E-state index is -0.333. The number of nitrogens with zero attached hydrogens (tertiary/aromatic N) is 2. The normalized spacial score (nSPS) is 17.1. The third kappa shape index (κ3) is 3.40. The molecule has 3 N–H and O–H groups in total. The van der Waals surface area contributed by atoms with Gasteiger partial charge in [0.25, 0.3) is 5.91 Å². The van der Waals surface area contributed by atoms with Gasteiger partial charge in [-0.3, -0.25) is 4.79 Å². The van der Waals surface area contributed by atoms with Crippen LogP contribution < -0.4 is 16.0 Å². The van der Waals surface area contributed by atoms with Gasteiger partial charge in [-0.05, 0) is 32.4 Å². The van der Waals surface area contributed by atoms with E-state index in [1.165, 1.54) is 0 Å². The third-order valence-electron chi connectivity index (χ3n) is 4.25. The molecule has 1 unspecified atom stereocenters. The highest BCUT2D eigenvalue weighted by Gasteiger charge is 2.26. The average molecular weight is 339 g/mol. The van der Waals surface area contributed by atoms with Crippen LogP contribution in [0.1, 0.15) is 25.2 Å². The van der Waals surface area contributed by atoms with Crippen molar-refractivity contribution in [2.45, 2.75) is 33.4 Å². The van der Waals surface area contributed by atoms with Crippen molar-refractivity contribution in [2.75, 3.05) is 0 Å². The number of carbonyl (C=O) groups is 2. The Morgan fingerprint density at radius 1 is 1.32 bits per heavy atom. The molecule has 7 heteroatoms. The van der Waals surface area contributed by atoms with Crippen molar-refractivity contribution in [3.05, 3.63) is 59.3 Å². The number of urea groups is 1. The zero-order valence-corrected chi connectivity index (χ0v) is 14.5. The van der Waals surface area contributed by atoms with E-state index < -0.39 is 0 Å². The van der Waals surface area contributed by atoms with Gasteiger partial charge in [0.05, 0.1) is 17.3 Å². The van der Waals surface area contributed by atoms with Gasteiger partial charge >= 0.3 is 6.03 Å². The number of carbonyl (C=O) groups excluding carboxylic acids is 2. The molecule has 1 aliphatic heterocycles. The van der Waals surface area contributed by atoms with Crippen molar-refractivity contribution >= 4 is 11.9 Å². The largest absolute Gasteiger partial charge is 0.348 e. The topological polar surface area (TPSA) is 88.1 Å². The molecule has 1 aliphatic rings. The fourth-order valence-corrected chi connectivity index (χ4v) is 3.03. The van der Waals surface area contributed by atoms with E-state index in [4.69, 9.17) is 0 Å². The molecule has 0 bridgehead atoms. The van der Waals surface area contributed by atoms with E-state index in [0.29, 0.717) is 17.8 Å². The van der Waals surface area contributed by atoms with Crippen LogP contribution in [0.3, 0.4) is 0 Å². The molecule has 0 saturated heterocycles. The molecular formula is C18H21N5O2. The number of hydrogen-bond donors (Lipinski definition) is 3. The molecule has 2 aromatic rings. The maximum absolute atomic E-state index is 12.6. The molecule has 0 radical (unpaired) electrons. The predicted octanol–water partition coefficient (Wildman–Crippen LogP) is 1.77. The van der Waals surface area contributed by atoms with Crippen molar-refractivity contribution in [3.63, 3.8) is 0 Å². The van der Waals surface area contributed by atoms with E-state index in [9.17, 15) is 9.59 Å². The first kappa shape index (κ1) is 16.8. The van der Waals surface area contributed by atoms with Gasteiger partial charge in [0, 0.05) is 24.6 Å². The van der Waals surface area contributed by atoms with E-state index in [2.05, 4.69) is 20.9 Å². The molecule has 0 fully saturated rings. The molecule has 1 atom stereocenters. The minimum absolute atomic E-state index is 0.199. The van der Waals surface area contributed by atoms with Gasteiger partial charge in [0.1, 0.15) is 5.82 Å². The number of imidazole rings is 1. The van der Waals surface area contributed by atoms with Crippen LogP contribution in [0, 0.1) is 6.92 Å².